The van der Waals surface area contributed by atoms with E-state index in [-0.39, 0.29) is 5.91 Å². The summed E-state index contributed by atoms with van der Waals surface area (Å²) in [5, 5.41) is 2.91. The van der Waals surface area contributed by atoms with Gasteiger partial charge in [0.2, 0.25) is 5.88 Å². The number of rotatable bonds is 7. The zero-order valence-corrected chi connectivity index (χ0v) is 17.9. The minimum Gasteiger partial charge on any atom is -0.497 e. The number of ether oxygens (including phenoxy) is 2. The van der Waals surface area contributed by atoms with Gasteiger partial charge in [0, 0.05) is 29.9 Å². The molecule has 0 unspecified atom stereocenters. The van der Waals surface area contributed by atoms with Crippen LogP contribution in [0.3, 0.4) is 0 Å². The Balaban J connectivity index is 1.39. The number of hydrogen-bond donors (Lipinski definition) is 1. The minimum absolute atomic E-state index is 0.164. The van der Waals surface area contributed by atoms with Gasteiger partial charge in [-0.1, -0.05) is 35.9 Å². The number of nitrogens with one attached hydrogen (secondary N) is 1. The van der Waals surface area contributed by atoms with Crippen LogP contribution in [-0.4, -0.2) is 23.0 Å². The van der Waals surface area contributed by atoms with Crippen molar-refractivity contribution in [3.63, 3.8) is 0 Å². The molecule has 0 aliphatic heterocycles. The summed E-state index contributed by atoms with van der Waals surface area (Å²) in [5.74, 6) is 2.21. The molecule has 0 aliphatic carbocycles. The van der Waals surface area contributed by atoms with Crippen molar-refractivity contribution in [3.05, 3.63) is 102 Å². The van der Waals surface area contributed by atoms with E-state index in [4.69, 9.17) is 9.47 Å². The Kier molecular flexibility index (Phi) is 6.41. The van der Waals surface area contributed by atoms with Gasteiger partial charge < -0.3 is 14.8 Å². The van der Waals surface area contributed by atoms with Crippen molar-refractivity contribution in [1.82, 2.24) is 15.3 Å². The van der Waals surface area contributed by atoms with E-state index in [9.17, 15) is 4.79 Å². The lowest BCUT2D eigenvalue weighted by Crippen LogP contribution is -2.22. The van der Waals surface area contributed by atoms with Crippen LogP contribution in [0.25, 0.3) is 11.4 Å². The number of aromatic nitrogens is 2. The van der Waals surface area contributed by atoms with Gasteiger partial charge in [-0.2, -0.15) is 4.98 Å². The largest absolute Gasteiger partial charge is 0.497 e. The third-order valence-corrected chi connectivity index (χ3v) is 4.83. The van der Waals surface area contributed by atoms with Crippen LogP contribution in [0.2, 0.25) is 0 Å². The number of aryl methyl sites for hydroxylation is 1. The van der Waals surface area contributed by atoms with Gasteiger partial charge in [-0.25, -0.2) is 4.98 Å². The molecule has 1 heterocycles. The van der Waals surface area contributed by atoms with Crippen molar-refractivity contribution in [2.75, 3.05) is 7.11 Å². The quantitative estimate of drug-likeness (QED) is 0.441. The highest BCUT2D eigenvalue weighted by Gasteiger charge is 2.08. The molecule has 160 valence electrons. The molecule has 1 amide bonds. The van der Waals surface area contributed by atoms with Gasteiger partial charge in [0.05, 0.1) is 7.11 Å². The van der Waals surface area contributed by atoms with E-state index in [2.05, 4.69) is 15.3 Å². The zero-order chi connectivity index (χ0) is 22.3. The van der Waals surface area contributed by atoms with E-state index >= 15 is 0 Å². The Hall–Kier alpha value is -4.19. The van der Waals surface area contributed by atoms with Crippen molar-refractivity contribution in [2.45, 2.75) is 13.5 Å². The van der Waals surface area contributed by atoms with Crippen molar-refractivity contribution < 1.29 is 14.3 Å². The van der Waals surface area contributed by atoms with Crippen LogP contribution in [0.5, 0.6) is 17.4 Å². The van der Waals surface area contributed by atoms with Crippen molar-refractivity contribution in [2.24, 2.45) is 0 Å². The maximum Gasteiger partial charge on any atom is 0.251 e. The summed E-state index contributed by atoms with van der Waals surface area (Å²) >= 11 is 0. The second-order valence-corrected chi connectivity index (χ2v) is 7.25. The van der Waals surface area contributed by atoms with Crippen LogP contribution < -0.4 is 14.8 Å². The molecule has 0 saturated heterocycles. The molecule has 4 rings (SSSR count). The lowest BCUT2D eigenvalue weighted by molar-refractivity contribution is 0.0951. The Bertz CT molecular complexity index is 1220. The molecule has 32 heavy (non-hydrogen) atoms. The average Bonchev–Trinajstić information content (AvgIpc) is 2.83. The monoisotopic (exact) mass is 425 g/mol. The summed E-state index contributed by atoms with van der Waals surface area (Å²) in [7, 11) is 1.62. The second kappa shape index (κ2) is 9.75. The van der Waals surface area contributed by atoms with E-state index in [0.29, 0.717) is 29.6 Å². The highest BCUT2D eigenvalue weighted by atomic mass is 16.5. The van der Waals surface area contributed by atoms with Gasteiger partial charge in [-0.05, 0) is 55.0 Å². The maximum atomic E-state index is 12.5. The molecule has 1 aromatic heterocycles. The van der Waals surface area contributed by atoms with Crippen LogP contribution in [0, 0.1) is 6.92 Å². The van der Waals surface area contributed by atoms with Gasteiger partial charge >= 0.3 is 0 Å². The molecule has 1 N–H and O–H groups in total. The smallest absolute Gasteiger partial charge is 0.251 e. The highest BCUT2D eigenvalue weighted by molar-refractivity contribution is 5.94. The molecular weight excluding hydrogens is 402 g/mol. The molecule has 4 aromatic rings. The van der Waals surface area contributed by atoms with Gasteiger partial charge in [0.15, 0.2) is 5.82 Å². The fourth-order valence-electron chi connectivity index (χ4n) is 3.18. The first kappa shape index (κ1) is 21.1. The Morgan fingerprint density at radius 3 is 2.53 bits per heavy atom. The molecule has 0 fully saturated rings. The van der Waals surface area contributed by atoms with E-state index < -0.39 is 0 Å². The number of carbonyl (C=O) groups is 1. The molecule has 0 radical (unpaired) electrons. The van der Waals surface area contributed by atoms with Crippen LogP contribution in [0.15, 0.2) is 85.1 Å². The van der Waals surface area contributed by atoms with Crippen LogP contribution >= 0.6 is 0 Å². The van der Waals surface area contributed by atoms with Crippen molar-refractivity contribution >= 4 is 5.91 Å². The fraction of sp³-hybridized carbons (Fsp3) is 0.115. The predicted octanol–water partition coefficient (Wildman–Crippen LogP) is 5.18. The summed E-state index contributed by atoms with van der Waals surface area (Å²) in [6.07, 6.45) is 1.67. The molecule has 6 nitrogen and oxygen atoms in total. The Labute approximate surface area is 186 Å². The summed E-state index contributed by atoms with van der Waals surface area (Å²) in [6.45, 7) is 2.44. The van der Waals surface area contributed by atoms with Gasteiger partial charge in [0.25, 0.3) is 5.91 Å². The van der Waals surface area contributed by atoms with Crippen LogP contribution in [0.1, 0.15) is 21.5 Å². The second-order valence-electron chi connectivity index (χ2n) is 7.25. The standard InChI is InChI=1S/C26H23N3O3/c1-18-5-3-7-21(15-18)25-27-14-13-24(29-25)32-22-11-9-20(10-12-22)26(30)28-17-19-6-4-8-23(16-19)31-2/h3-16H,17H2,1-2H3,(H,28,30). The number of methoxy groups -OCH3 is 1. The Morgan fingerprint density at radius 1 is 0.938 bits per heavy atom. The average molecular weight is 425 g/mol. The SMILES string of the molecule is COc1cccc(CNC(=O)c2ccc(Oc3ccnc(-c4cccc(C)c4)n3)cc2)c1. The molecule has 0 saturated carbocycles. The first-order chi connectivity index (χ1) is 15.6. The van der Waals surface area contributed by atoms with E-state index in [1.165, 1.54) is 0 Å². The van der Waals surface area contributed by atoms with E-state index in [1.807, 2.05) is 55.5 Å². The number of hydrogen-bond acceptors (Lipinski definition) is 5. The number of carbonyl (C=O) groups excluding carboxylic acids is 1. The number of nitrogens with zero attached hydrogens (tertiary/aromatic N) is 2. The third kappa shape index (κ3) is 5.29. The highest BCUT2D eigenvalue weighted by Crippen LogP contribution is 2.23. The van der Waals surface area contributed by atoms with Gasteiger partial charge in [0.1, 0.15) is 11.5 Å². The number of amides is 1. The lowest BCUT2D eigenvalue weighted by Gasteiger charge is -2.09. The molecule has 6 heteroatoms. The Morgan fingerprint density at radius 2 is 1.75 bits per heavy atom. The summed E-state index contributed by atoms with van der Waals surface area (Å²) in [4.78, 5) is 21.3. The lowest BCUT2D eigenvalue weighted by atomic mass is 10.1. The minimum atomic E-state index is -0.164. The van der Waals surface area contributed by atoms with Gasteiger partial charge in [-0.15, -0.1) is 0 Å². The normalized spacial score (nSPS) is 10.4. The maximum absolute atomic E-state index is 12.5. The van der Waals surface area contributed by atoms with E-state index in [1.54, 1.807) is 43.6 Å². The first-order valence-corrected chi connectivity index (χ1v) is 10.2. The van der Waals surface area contributed by atoms with Gasteiger partial charge in [-0.3, -0.25) is 4.79 Å². The number of benzene rings is 3. The van der Waals surface area contributed by atoms with E-state index in [0.717, 1.165) is 22.4 Å². The molecular formula is C26H23N3O3. The zero-order valence-electron chi connectivity index (χ0n) is 17.9. The summed E-state index contributed by atoms with van der Waals surface area (Å²) in [6, 6.07) is 24.2. The molecule has 0 aliphatic rings. The molecule has 0 spiro atoms. The molecule has 0 atom stereocenters. The van der Waals surface area contributed by atoms with Crippen molar-refractivity contribution in [1.29, 1.82) is 0 Å². The fourth-order valence-corrected chi connectivity index (χ4v) is 3.18. The third-order valence-electron chi connectivity index (χ3n) is 4.83. The summed E-state index contributed by atoms with van der Waals surface area (Å²) < 4.78 is 11.1. The molecule has 0 bridgehead atoms. The molecule has 3 aromatic carbocycles. The summed E-state index contributed by atoms with van der Waals surface area (Å²) in [5.41, 5.74) is 3.57. The van der Waals surface area contributed by atoms with Crippen LogP contribution in [0.4, 0.5) is 0 Å². The van der Waals surface area contributed by atoms with Crippen LogP contribution in [-0.2, 0) is 6.54 Å². The van der Waals surface area contributed by atoms with Crippen molar-refractivity contribution in [3.8, 4) is 28.8 Å². The predicted molar refractivity (Wildman–Crippen MR) is 123 cm³/mol. The topological polar surface area (TPSA) is 73.3 Å². The first-order valence-electron chi connectivity index (χ1n) is 10.2.